The quantitative estimate of drug-likeness (QED) is 0.554. The third-order valence-corrected chi connectivity index (χ3v) is 4.11. The Labute approximate surface area is 124 Å². The van der Waals surface area contributed by atoms with Crippen LogP contribution in [0.2, 0.25) is 0 Å². The zero-order valence-electron chi connectivity index (χ0n) is 10.9. The summed E-state index contributed by atoms with van der Waals surface area (Å²) in [5.74, 6) is 0.450. The fourth-order valence-electron chi connectivity index (χ4n) is 2.17. The first-order chi connectivity index (χ1) is 10.3. The first-order valence-corrected chi connectivity index (χ1v) is 7.23. The molecule has 0 aliphatic heterocycles. The summed E-state index contributed by atoms with van der Waals surface area (Å²) in [4.78, 5) is 8.71. The smallest absolute Gasteiger partial charge is 0.210 e. The third-order valence-electron chi connectivity index (χ3n) is 3.17. The Morgan fingerprint density at radius 3 is 2.76 bits per heavy atom. The van der Waals surface area contributed by atoms with E-state index in [-0.39, 0.29) is 5.75 Å². The van der Waals surface area contributed by atoms with Gasteiger partial charge in [0.05, 0.1) is 21.8 Å². The van der Waals surface area contributed by atoms with Gasteiger partial charge < -0.3 is 9.52 Å². The van der Waals surface area contributed by atoms with E-state index in [0.717, 1.165) is 10.2 Å². The molecule has 0 bridgehead atoms. The molecule has 1 N–H and O–H groups in total. The lowest BCUT2D eigenvalue weighted by molar-refractivity contribution is 0.462. The maximum atomic E-state index is 10.1. The van der Waals surface area contributed by atoms with Crippen LogP contribution in [0.4, 0.5) is 5.13 Å². The van der Waals surface area contributed by atoms with Crippen molar-refractivity contribution in [2.45, 2.75) is 0 Å². The summed E-state index contributed by atoms with van der Waals surface area (Å²) in [5.41, 5.74) is 1.56. The normalized spacial score (nSPS) is 11.8. The van der Waals surface area contributed by atoms with Crippen LogP contribution in [0.15, 0.2) is 57.9 Å². The second kappa shape index (κ2) is 4.71. The minimum Gasteiger partial charge on any atom is -0.504 e. The molecular weight excluding hydrogens is 284 g/mol. The van der Waals surface area contributed by atoms with E-state index in [2.05, 4.69) is 9.98 Å². The summed E-state index contributed by atoms with van der Waals surface area (Å²) in [6.45, 7) is 0. The van der Waals surface area contributed by atoms with Gasteiger partial charge in [-0.1, -0.05) is 35.6 Å². The maximum absolute atomic E-state index is 10.1. The Morgan fingerprint density at radius 2 is 1.90 bits per heavy atom. The molecule has 0 aliphatic rings. The average molecular weight is 294 g/mol. The van der Waals surface area contributed by atoms with Crippen LogP contribution in [-0.4, -0.2) is 16.3 Å². The average Bonchev–Trinajstić information content (AvgIpc) is 3.07. The van der Waals surface area contributed by atoms with Crippen molar-refractivity contribution in [1.29, 1.82) is 0 Å². The molecule has 4 rings (SSSR count). The SMILES string of the molecule is Oc1c(C=Nc2nc3ccccc3s2)oc2ccccc12. The van der Waals surface area contributed by atoms with Gasteiger partial charge in [-0.2, -0.15) is 0 Å². The minimum atomic E-state index is 0.107. The van der Waals surface area contributed by atoms with Crippen molar-refractivity contribution < 1.29 is 9.52 Å². The monoisotopic (exact) mass is 294 g/mol. The van der Waals surface area contributed by atoms with Gasteiger partial charge in [-0.3, -0.25) is 0 Å². The van der Waals surface area contributed by atoms with Gasteiger partial charge >= 0.3 is 0 Å². The Morgan fingerprint density at radius 1 is 1.10 bits per heavy atom. The number of nitrogens with zero attached hydrogens (tertiary/aromatic N) is 2. The zero-order valence-corrected chi connectivity index (χ0v) is 11.7. The summed E-state index contributed by atoms with van der Waals surface area (Å²) in [6, 6.07) is 15.2. The van der Waals surface area contributed by atoms with Gasteiger partial charge in [0.1, 0.15) is 5.58 Å². The molecule has 5 heteroatoms. The molecule has 0 fully saturated rings. The van der Waals surface area contributed by atoms with Gasteiger partial charge in [-0.15, -0.1) is 0 Å². The number of thiazole rings is 1. The summed E-state index contributed by atoms with van der Waals surface area (Å²) in [5, 5.41) is 11.4. The fraction of sp³-hybridized carbons (Fsp3) is 0. The molecule has 21 heavy (non-hydrogen) atoms. The standard InChI is InChI=1S/C16H10N2O2S/c19-15-10-5-1-3-7-12(10)20-13(15)9-17-16-18-11-6-2-4-8-14(11)21-16/h1-9,19H. The lowest BCUT2D eigenvalue weighted by atomic mass is 10.2. The Bertz CT molecular complexity index is 936. The van der Waals surface area contributed by atoms with E-state index in [0.29, 0.717) is 21.9 Å². The summed E-state index contributed by atoms with van der Waals surface area (Å²) in [6.07, 6.45) is 1.51. The van der Waals surface area contributed by atoms with E-state index in [9.17, 15) is 5.11 Å². The van der Waals surface area contributed by atoms with Crippen molar-refractivity contribution in [2.24, 2.45) is 4.99 Å². The van der Waals surface area contributed by atoms with Gasteiger partial charge in [-0.05, 0) is 24.3 Å². The number of aromatic nitrogens is 1. The van der Waals surface area contributed by atoms with Gasteiger partial charge in [0.15, 0.2) is 11.5 Å². The van der Waals surface area contributed by atoms with Crippen LogP contribution in [0.3, 0.4) is 0 Å². The second-order valence-electron chi connectivity index (χ2n) is 4.53. The van der Waals surface area contributed by atoms with E-state index in [1.54, 1.807) is 0 Å². The summed E-state index contributed by atoms with van der Waals surface area (Å²) < 4.78 is 6.65. The molecule has 2 aromatic carbocycles. The predicted molar refractivity (Wildman–Crippen MR) is 84.8 cm³/mol. The van der Waals surface area contributed by atoms with E-state index in [1.807, 2.05) is 48.5 Å². The highest BCUT2D eigenvalue weighted by Crippen LogP contribution is 2.32. The molecule has 0 amide bonds. The Hall–Kier alpha value is -2.66. The molecule has 4 aromatic rings. The van der Waals surface area contributed by atoms with Crippen LogP contribution in [0.5, 0.6) is 5.75 Å². The number of benzene rings is 2. The van der Waals surface area contributed by atoms with Crippen LogP contribution in [-0.2, 0) is 0 Å². The highest BCUT2D eigenvalue weighted by Gasteiger charge is 2.10. The molecule has 0 spiro atoms. The number of aromatic hydroxyl groups is 1. The van der Waals surface area contributed by atoms with Gasteiger partial charge in [0.2, 0.25) is 5.13 Å². The van der Waals surface area contributed by atoms with Crippen LogP contribution in [0, 0.1) is 0 Å². The lowest BCUT2D eigenvalue weighted by Gasteiger charge is -1.86. The maximum Gasteiger partial charge on any atom is 0.210 e. The number of para-hydroxylation sites is 2. The summed E-state index contributed by atoms with van der Waals surface area (Å²) in [7, 11) is 0. The highest BCUT2D eigenvalue weighted by atomic mass is 32.1. The van der Waals surface area contributed by atoms with Gasteiger partial charge in [0, 0.05) is 0 Å². The largest absolute Gasteiger partial charge is 0.504 e. The first kappa shape index (κ1) is 12.1. The molecule has 0 radical (unpaired) electrons. The van der Waals surface area contributed by atoms with Crippen molar-refractivity contribution in [3.8, 4) is 5.75 Å². The molecule has 0 atom stereocenters. The molecule has 2 aromatic heterocycles. The number of hydrogen-bond acceptors (Lipinski definition) is 5. The lowest BCUT2D eigenvalue weighted by Crippen LogP contribution is -1.75. The van der Waals surface area contributed by atoms with Crippen LogP contribution in [0.1, 0.15) is 5.76 Å². The van der Waals surface area contributed by atoms with Crippen LogP contribution >= 0.6 is 11.3 Å². The van der Waals surface area contributed by atoms with Crippen molar-refractivity contribution in [3.63, 3.8) is 0 Å². The van der Waals surface area contributed by atoms with E-state index in [4.69, 9.17) is 4.42 Å². The van der Waals surface area contributed by atoms with E-state index >= 15 is 0 Å². The number of rotatable bonds is 2. The van der Waals surface area contributed by atoms with Gasteiger partial charge in [-0.25, -0.2) is 9.98 Å². The van der Waals surface area contributed by atoms with E-state index in [1.165, 1.54) is 17.6 Å². The number of aliphatic imine (C=N–C) groups is 1. The molecule has 0 unspecified atom stereocenters. The molecule has 0 saturated carbocycles. The predicted octanol–water partition coefficient (Wildman–Crippen LogP) is 4.50. The van der Waals surface area contributed by atoms with Crippen molar-refractivity contribution >= 4 is 43.9 Å². The van der Waals surface area contributed by atoms with Crippen molar-refractivity contribution in [3.05, 3.63) is 54.3 Å². The number of furan rings is 1. The molecule has 102 valence electrons. The highest BCUT2D eigenvalue weighted by molar-refractivity contribution is 7.22. The molecule has 2 heterocycles. The van der Waals surface area contributed by atoms with E-state index < -0.39 is 0 Å². The third kappa shape index (κ3) is 2.08. The summed E-state index contributed by atoms with van der Waals surface area (Å²) >= 11 is 1.50. The molecule has 0 saturated heterocycles. The first-order valence-electron chi connectivity index (χ1n) is 6.41. The molecule has 0 aliphatic carbocycles. The fourth-order valence-corrected chi connectivity index (χ4v) is 2.98. The van der Waals surface area contributed by atoms with Crippen LogP contribution < -0.4 is 0 Å². The number of hydrogen-bond donors (Lipinski definition) is 1. The topological polar surface area (TPSA) is 58.6 Å². The number of fused-ring (bicyclic) bond motifs is 2. The van der Waals surface area contributed by atoms with Crippen molar-refractivity contribution in [2.75, 3.05) is 0 Å². The molecule has 4 nitrogen and oxygen atoms in total. The Kier molecular flexibility index (Phi) is 2.72. The van der Waals surface area contributed by atoms with Crippen LogP contribution in [0.25, 0.3) is 21.2 Å². The Balaban J connectivity index is 1.74. The second-order valence-corrected chi connectivity index (χ2v) is 5.54. The molecular formula is C16H10N2O2S. The zero-order chi connectivity index (χ0) is 14.2. The minimum absolute atomic E-state index is 0.107. The van der Waals surface area contributed by atoms with Crippen molar-refractivity contribution in [1.82, 2.24) is 4.98 Å². The van der Waals surface area contributed by atoms with Gasteiger partial charge in [0.25, 0.3) is 0 Å².